The number of cyclic esters (lactones) is 1. The molecule has 0 radical (unpaired) electrons. The normalized spacial score (nSPS) is 18.3. The largest absolute Gasteiger partial charge is 0.458 e. The standard InChI is InChI=1S/C10H12O2/c1-3-8(2)4-5-9-6-7-12-10(9)11/h3-6H,7H2,1-2H3/b5-4-,8-3-. The van der Waals surface area contributed by atoms with Gasteiger partial charge in [0.1, 0.15) is 6.61 Å². The maximum absolute atomic E-state index is 10.9. The lowest BCUT2D eigenvalue weighted by Crippen LogP contribution is -1.96. The number of rotatable bonds is 2. The van der Waals surface area contributed by atoms with Crippen LogP contribution in [0.1, 0.15) is 13.8 Å². The van der Waals surface area contributed by atoms with Gasteiger partial charge in [-0.05, 0) is 26.0 Å². The zero-order chi connectivity index (χ0) is 8.97. The van der Waals surface area contributed by atoms with E-state index in [0.717, 1.165) is 5.57 Å². The Hall–Kier alpha value is -1.31. The van der Waals surface area contributed by atoms with Crippen molar-refractivity contribution in [3.05, 3.63) is 35.5 Å². The molecule has 0 aromatic carbocycles. The summed E-state index contributed by atoms with van der Waals surface area (Å²) in [6, 6.07) is 0. The van der Waals surface area contributed by atoms with E-state index in [9.17, 15) is 4.79 Å². The van der Waals surface area contributed by atoms with Gasteiger partial charge in [0.25, 0.3) is 0 Å². The first kappa shape index (κ1) is 8.78. The Labute approximate surface area is 72.2 Å². The average molecular weight is 164 g/mol. The first-order chi connectivity index (χ1) is 5.74. The van der Waals surface area contributed by atoms with Gasteiger partial charge in [0.2, 0.25) is 0 Å². The van der Waals surface area contributed by atoms with Crippen molar-refractivity contribution in [1.82, 2.24) is 0 Å². The molecule has 0 unspecified atom stereocenters. The van der Waals surface area contributed by atoms with Crippen LogP contribution >= 0.6 is 0 Å². The Kier molecular flexibility index (Phi) is 2.86. The van der Waals surface area contributed by atoms with Crippen LogP contribution in [0, 0.1) is 0 Å². The molecule has 1 aliphatic heterocycles. The molecule has 0 aliphatic carbocycles. The van der Waals surface area contributed by atoms with Gasteiger partial charge in [-0.15, -0.1) is 0 Å². The predicted octanol–water partition coefficient (Wildman–Crippen LogP) is 1.99. The van der Waals surface area contributed by atoms with Crippen molar-refractivity contribution in [2.24, 2.45) is 0 Å². The highest BCUT2D eigenvalue weighted by Crippen LogP contribution is 2.09. The summed E-state index contributed by atoms with van der Waals surface area (Å²) in [6.45, 7) is 4.35. The van der Waals surface area contributed by atoms with Gasteiger partial charge in [-0.3, -0.25) is 0 Å². The van der Waals surface area contributed by atoms with Crippen molar-refractivity contribution in [3.63, 3.8) is 0 Å². The van der Waals surface area contributed by atoms with E-state index in [1.54, 1.807) is 12.2 Å². The number of carbonyl (C=O) groups is 1. The van der Waals surface area contributed by atoms with Crippen LogP contribution in [0.2, 0.25) is 0 Å². The number of esters is 1. The highest BCUT2D eigenvalue weighted by Gasteiger charge is 2.12. The molecule has 1 rings (SSSR count). The average Bonchev–Trinajstić information content (AvgIpc) is 2.47. The van der Waals surface area contributed by atoms with Crippen LogP contribution in [-0.4, -0.2) is 12.6 Å². The van der Waals surface area contributed by atoms with E-state index in [1.807, 2.05) is 26.0 Å². The van der Waals surface area contributed by atoms with Crippen LogP contribution in [0.5, 0.6) is 0 Å². The van der Waals surface area contributed by atoms with E-state index in [-0.39, 0.29) is 5.97 Å². The Balaban J connectivity index is 2.62. The summed E-state index contributed by atoms with van der Waals surface area (Å²) < 4.78 is 4.73. The molecule has 12 heavy (non-hydrogen) atoms. The third kappa shape index (κ3) is 2.09. The molecule has 0 fully saturated rings. The van der Waals surface area contributed by atoms with E-state index >= 15 is 0 Å². The van der Waals surface area contributed by atoms with Gasteiger partial charge < -0.3 is 4.74 Å². The molecule has 0 saturated heterocycles. The van der Waals surface area contributed by atoms with Crippen LogP contribution in [0.25, 0.3) is 0 Å². The third-order valence-corrected chi connectivity index (χ3v) is 1.73. The van der Waals surface area contributed by atoms with E-state index in [0.29, 0.717) is 12.2 Å². The van der Waals surface area contributed by atoms with Gasteiger partial charge in [-0.25, -0.2) is 4.79 Å². The summed E-state index contributed by atoms with van der Waals surface area (Å²) in [7, 11) is 0. The van der Waals surface area contributed by atoms with Crippen molar-refractivity contribution in [2.45, 2.75) is 13.8 Å². The predicted molar refractivity (Wildman–Crippen MR) is 47.6 cm³/mol. The number of hydrogen-bond donors (Lipinski definition) is 0. The fourth-order valence-corrected chi connectivity index (χ4v) is 0.827. The second kappa shape index (κ2) is 3.90. The minimum Gasteiger partial charge on any atom is -0.458 e. The molecule has 64 valence electrons. The van der Waals surface area contributed by atoms with Crippen LogP contribution in [0.4, 0.5) is 0 Å². The van der Waals surface area contributed by atoms with Crippen LogP contribution in [0.3, 0.4) is 0 Å². The van der Waals surface area contributed by atoms with Crippen molar-refractivity contribution < 1.29 is 9.53 Å². The van der Waals surface area contributed by atoms with Gasteiger partial charge in [-0.1, -0.05) is 17.7 Å². The second-order valence-electron chi connectivity index (χ2n) is 2.62. The quantitative estimate of drug-likeness (QED) is 0.461. The minimum absolute atomic E-state index is 0.227. The molecule has 1 heterocycles. The first-order valence-electron chi connectivity index (χ1n) is 3.92. The third-order valence-electron chi connectivity index (χ3n) is 1.73. The highest BCUT2D eigenvalue weighted by molar-refractivity contribution is 5.93. The molecule has 0 aromatic rings. The van der Waals surface area contributed by atoms with Gasteiger partial charge in [0, 0.05) is 0 Å². The fourth-order valence-electron chi connectivity index (χ4n) is 0.827. The van der Waals surface area contributed by atoms with Crippen LogP contribution < -0.4 is 0 Å². The lowest BCUT2D eigenvalue weighted by Gasteiger charge is -1.91. The van der Waals surface area contributed by atoms with Gasteiger partial charge in [0.05, 0.1) is 5.57 Å². The van der Waals surface area contributed by atoms with Gasteiger partial charge in [0.15, 0.2) is 0 Å². The zero-order valence-electron chi connectivity index (χ0n) is 7.33. The molecule has 0 bridgehead atoms. The lowest BCUT2D eigenvalue weighted by molar-refractivity contribution is -0.135. The molecular formula is C10H12O2. The lowest BCUT2D eigenvalue weighted by atomic mass is 10.2. The van der Waals surface area contributed by atoms with Crippen LogP contribution in [0.15, 0.2) is 35.5 Å². The summed E-state index contributed by atoms with van der Waals surface area (Å²) in [5.41, 5.74) is 1.78. The number of allylic oxidation sites excluding steroid dienone is 3. The van der Waals surface area contributed by atoms with Crippen molar-refractivity contribution in [2.75, 3.05) is 6.61 Å². The van der Waals surface area contributed by atoms with E-state index in [2.05, 4.69) is 0 Å². The Bertz CT molecular complexity index is 270. The summed E-state index contributed by atoms with van der Waals surface area (Å²) in [6.07, 6.45) is 7.45. The minimum atomic E-state index is -0.227. The summed E-state index contributed by atoms with van der Waals surface area (Å²) in [4.78, 5) is 10.9. The number of ether oxygens (including phenoxy) is 1. The smallest absolute Gasteiger partial charge is 0.338 e. The molecule has 0 spiro atoms. The second-order valence-corrected chi connectivity index (χ2v) is 2.62. The summed E-state index contributed by atoms with van der Waals surface area (Å²) >= 11 is 0. The van der Waals surface area contributed by atoms with Gasteiger partial charge in [-0.2, -0.15) is 0 Å². The van der Waals surface area contributed by atoms with E-state index in [1.165, 1.54) is 0 Å². The van der Waals surface area contributed by atoms with E-state index in [4.69, 9.17) is 4.74 Å². The Morgan fingerprint density at radius 3 is 2.92 bits per heavy atom. The maximum Gasteiger partial charge on any atom is 0.338 e. The summed E-state index contributed by atoms with van der Waals surface area (Å²) in [5, 5.41) is 0. The first-order valence-corrected chi connectivity index (χ1v) is 3.92. The van der Waals surface area contributed by atoms with Crippen LogP contribution in [-0.2, 0) is 9.53 Å². The number of hydrogen-bond acceptors (Lipinski definition) is 2. The highest BCUT2D eigenvalue weighted by atomic mass is 16.5. The molecular weight excluding hydrogens is 152 g/mol. The molecule has 0 atom stereocenters. The van der Waals surface area contributed by atoms with Crippen molar-refractivity contribution in [3.8, 4) is 0 Å². The summed E-state index contributed by atoms with van der Waals surface area (Å²) in [5.74, 6) is -0.227. The SMILES string of the molecule is C/C=C(C)\C=C/C1=CCOC1=O. The molecule has 0 saturated carbocycles. The molecule has 0 N–H and O–H groups in total. The monoisotopic (exact) mass is 164 g/mol. The molecule has 2 heteroatoms. The molecule has 1 aliphatic rings. The molecule has 0 amide bonds. The zero-order valence-corrected chi connectivity index (χ0v) is 7.33. The van der Waals surface area contributed by atoms with Gasteiger partial charge >= 0.3 is 5.97 Å². The number of carbonyl (C=O) groups excluding carboxylic acids is 1. The maximum atomic E-state index is 10.9. The Morgan fingerprint density at radius 1 is 1.67 bits per heavy atom. The molecule has 0 aromatic heterocycles. The van der Waals surface area contributed by atoms with E-state index < -0.39 is 0 Å². The Morgan fingerprint density at radius 2 is 2.42 bits per heavy atom. The van der Waals surface area contributed by atoms with Crippen molar-refractivity contribution in [1.29, 1.82) is 0 Å². The fraction of sp³-hybridized carbons (Fsp3) is 0.300. The molecule has 2 nitrogen and oxygen atoms in total. The van der Waals surface area contributed by atoms with Crippen molar-refractivity contribution >= 4 is 5.97 Å². The topological polar surface area (TPSA) is 26.3 Å².